The van der Waals surface area contributed by atoms with Crippen LogP contribution in [-0.4, -0.2) is 103 Å². The Morgan fingerprint density at radius 1 is 0.825 bits per heavy atom. The Hall–Kier alpha value is -3.47. The third-order valence-electron chi connectivity index (χ3n) is 6.78. The maximum Gasteiger partial charge on any atom is 0.239 e. The fourth-order valence-corrected chi connectivity index (χ4v) is 4.48. The highest BCUT2D eigenvalue weighted by molar-refractivity contribution is 5.88. The lowest BCUT2D eigenvalue weighted by molar-refractivity contribution is -0.268. The molecule has 2 saturated heterocycles. The lowest BCUT2D eigenvalue weighted by Gasteiger charge is -2.38. The number of ether oxygens (including phenoxy) is 4. The highest BCUT2D eigenvalue weighted by Crippen LogP contribution is 2.38. The molecule has 2 aliphatic heterocycles. The Morgan fingerprint density at radius 3 is 2.20 bits per heavy atom. The fourth-order valence-electron chi connectivity index (χ4n) is 4.48. The van der Waals surface area contributed by atoms with Gasteiger partial charge in [0.2, 0.25) is 23.8 Å². The minimum absolute atomic E-state index is 0.0848. The highest BCUT2D eigenvalue weighted by Gasteiger charge is 2.43. The third kappa shape index (κ3) is 5.07. The van der Waals surface area contributed by atoms with Crippen LogP contribution in [0.3, 0.4) is 0 Å². The molecule has 0 bridgehead atoms. The summed E-state index contributed by atoms with van der Waals surface area (Å²) in [6, 6.07) is 7.69. The summed E-state index contributed by atoms with van der Waals surface area (Å²) in [5.74, 6) is -1.54. The van der Waals surface area contributed by atoms with Gasteiger partial charge >= 0.3 is 0 Å². The summed E-state index contributed by atoms with van der Waals surface area (Å²) < 4.78 is 27.9. The average Bonchev–Trinajstić information content (AvgIpc) is 2.92. The molecule has 8 N–H and O–H groups in total. The van der Waals surface area contributed by atoms with Gasteiger partial charge in [0.15, 0.2) is 5.76 Å². The molecule has 2 aliphatic rings. The van der Waals surface area contributed by atoms with E-state index in [1.54, 1.807) is 0 Å². The van der Waals surface area contributed by atoms with Crippen LogP contribution in [0.4, 0.5) is 0 Å². The van der Waals surface area contributed by atoms with Crippen LogP contribution in [-0.2, 0) is 9.47 Å². The number of phenols is 2. The summed E-state index contributed by atoms with van der Waals surface area (Å²) in [4.78, 5) is 13.6. The van der Waals surface area contributed by atoms with Crippen molar-refractivity contribution in [3.05, 3.63) is 46.6 Å². The van der Waals surface area contributed by atoms with Crippen LogP contribution in [0.5, 0.6) is 23.0 Å². The van der Waals surface area contributed by atoms with Crippen molar-refractivity contribution >= 4 is 11.0 Å². The molecule has 2 fully saturated rings. The second kappa shape index (κ2) is 10.8. The van der Waals surface area contributed by atoms with Crippen molar-refractivity contribution in [2.24, 2.45) is 0 Å². The van der Waals surface area contributed by atoms with Crippen molar-refractivity contribution in [2.45, 2.75) is 62.2 Å². The third-order valence-corrected chi connectivity index (χ3v) is 6.78. The van der Waals surface area contributed by atoms with Crippen molar-refractivity contribution < 1.29 is 64.2 Å². The Balaban J connectivity index is 1.58. The molecule has 3 aromatic rings. The molecule has 3 heterocycles. The molecule has 5 rings (SSSR count). The van der Waals surface area contributed by atoms with E-state index in [0.29, 0.717) is 0 Å². The van der Waals surface area contributed by atoms with Crippen LogP contribution in [0, 0.1) is 0 Å². The zero-order chi connectivity index (χ0) is 28.9. The molecule has 40 heavy (non-hydrogen) atoms. The molecule has 0 unspecified atom stereocenters. The summed E-state index contributed by atoms with van der Waals surface area (Å²) in [6.45, 7) is 1.06. The predicted molar refractivity (Wildman–Crippen MR) is 133 cm³/mol. The number of benzene rings is 2. The molecule has 0 aliphatic carbocycles. The van der Waals surface area contributed by atoms with E-state index in [9.17, 15) is 45.6 Å². The van der Waals surface area contributed by atoms with Crippen LogP contribution in [0.2, 0.25) is 0 Å². The van der Waals surface area contributed by atoms with Gasteiger partial charge < -0.3 is 64.2 Å². The quantitative estimate of drug-likeness (QED) is 0.184. The first kappa shape index (κ1) is 28.1. The molecule has 9 atom stereocenters. The first-order valence-corrected chi connectivity index (χ1v) is 12.3. The summed E-state index contributed by atoms with van der Waals surface area (Å²) in [5.41, 5.74) is -0.860. The summed E-state index contributed by atoms with van der Waals surface area (Å²) in [6.07, 6.45) is -13.3. The van der Waals surface area contributed by atoms with E-state index in [1.807, 2.05) is 0 Å². The standard InChI is InChI=1S/C26H28O14/c1-9-17(30)20(33)22(35)26(37-9)38-12-6-13(28)16-15(7-12)39-23(10-2-4-11(27)5-3-10)24(19(16)32)40-25-21(34)18(31)14(29)8-36-25/h2-7,9,14,17-18,20-22,25-31,33-35H,8H2,1H3/t9-,14-,17-,18-,20+,21+,22+,25+,26-/m0/s1. The van der Waals surface area contributed by atoms with E-state index in [2.05, 4.69) is 0 Å². The van der Waals surface area contributed by atoms with Crippen molar-refractivity contribution in [3.8, 4) is 34.3 Å². The molecule has 2 aromatic carbocycles. The molecule has 14 heteroatoms. The maximum absolute atomic E-state index is 13.6. The monoisotopic (exact) mass is 564 g/mol. The van der Waals surface area contributed by atoms with Gasteiger partial charge in [-0.1, -0.05) is 0 Å². The second-order valence-electron chi connectivity index (χ2n) is 9.62. The molecule has 0 spiro atoms. The molecule has 0 saturated carbocycles. The molecule has 216 valence electrons. The largest absolute Gasteiger partial charge is 0.508 e. The summed E-state index contributed by atoms with van der Waals surface area (Å²) >= 11 is 0. The van der Waals surface area contributed by atoms with Crippen LogP contribution < -0.4 is 14.9 Å². The number of aliphatic hydroxyl groups is 6. The fraction of sp³-hybridized carbons (Fsp3) is 0.423. The first-order chi connectivity index (χ1) is 19.0. The number of fused-ring (bicyclic) bond motifs is 1. The van der Waals surface area contributed by atoms with Gasteiger partial charge in [-0.05, 0) is 31.2 Å². The maximum atomic E-state index is 13.6. The van der Waals surface area contributed by atoms with Crippen LogP contribution >= 0.6 is 0 Å². The summed E-state index contributed by atoms with van der Waals surface area (Å²) in [7, 11) is 0. The number of aromatic hydroxyl groups is 2. The zero-order valence-electron chi connectivity index (χ0n) is 20.9. The minimum Gasteiger partial charge on any atom is -0.508 e. The molecule has 0 amide bonds. The van der Waals surface area contributed by atoms with Crippen molar-refractivity contribution in [1.29, 1.82) is 0 Å². The number of hydrogen-bond acceptors (Lipinski definition) is 14. The van der Waals surface area contributed by atoms with Crippen LogP contribution in [0.15, 0.2) is 45.6 Å². The zero-order valence-corrected chi connectivity index (χ0v) is 20.9. The van der Waals surface area contributed by atoms with Gasteiger partial charge in [0.05, 0.1) is 12.7 Å². The van der Waals surface area contributed by atoms with Gasteiger partial charge in [-0.25, -0.2) is 0 Å². The van der Waals surface area contributed by atoms with E-state index >= 15 is 0 Å². The molecule has 14 nitrogen and oxygen atoms in total. The molecule has 0 radical (unpaired) electrons. The lowest BCUT2D eigenvalue weighted by Crippen LogP contribution is -2.58. The average molecular weight is 564 g/mol. The van der Waals surface area contributed by atoms with Gasteiger partial charge in [0.25, 0.3) is 0 Å². The second-order valence-corrected chi connectivity index (χ2v) is 9.62. The van der Waals surface area contributed by atoms with Gasteiger partial charge in [0, 0.05) is 17.7 Å². The smallest absolute Gasteiger partial charge is 0.239 e. The Labute approximate surface area is 225 Å². The van der Waals surface area contributed by atoms with Gasteiger partial charge in [-0.15, -0.1) is 0 Å². The Bertz CT molecular complexity index is 1420. The van der Waals surface area contributed by atoms with E-state index in [1.165, 1.54) is 37.3 Å². The lowest BCUT2D eigenvalue weighted by atomic mass is 10.00. The highest BCUT2D eigenvalue weighted by atomic mass is 16.7. The Morgan fingerprint density at radius 2 is 1.50 bits per heavy atom. The van der Waals surface area contributed by atoms with Crippen molar-refractivity contribution in [2.75, 3.05) is 6.61 Å². The van der Waals surface area contributed by atoms with Crippen LogP contribution in [0.1, 0.15) is 6.92 Å². The van der Waals surface area contributed by atoms with Crippen molar-refractivity contribution in [1.82, 2.24) is 0 Å². The molecular weight excluding hydrogens is 536 g/mol. The van der Waals surface area contributed by atoms with Crippen molar-refractivity contribution in [3.63, 3.8) is 0 Å². The molecule has 1 aromatic heterocycles. The normalized spacial score (nSPS) is 32.6. The van der Waals surface area contributed by atoms with Crippen LogP contribution in [0.25, 0.3) is 22.3 Å². The van der Waals surface area contributed by atoms with Gasteiger partial charge in [0.1, 0.15) is 64.8 Å². The minimum atomic E-state index is -1.74. The molecular formula is C26H28O14. The number of hydrogen-bond donors (Lipinski definition) is 8. The first-order valence-electron chi connectivity index (χ1n) is 12.3. The van der Waals surface area contributed by atoms with Gasteiger partial charge in [-0.2, -0.15) is 0 Å². The predicted octanol–water partition coefficient (Wildman–Crippen LogP) is -1.10. The summed E-state index contributed by atoms with van der Waals surface area (Å²) in [5, 5.41) is 80.5. The van der Waals surface area contributed by atoms with E-state index < -0.39 is 78.8 Å². The number of rotatable bonds is 5. The number of aliphatic hydroxyl groups excluding tert-OH is 6. The van der Waals surface area contributed by atoms with Gasteiger partial charge in [-0.3, -0.25) is 4.79 Å². The van der Waals surface area contributed by atoms with E-state index in [4.69, 9.17) is 23.4 Å². The Kier molecular flexibility index (Phi) is 7.60. The number of phenolic OH excluding ortho intramolecular Hbond substituents is 2. The van der Waals surface area contributed by atoms with E-state index in [-0.39, 0.29) is 33.8 Å². The SMILES string of the molecule is C[C@@H]1O[C@@H](Oc2cc(O)c3c(=O)c(O[C@H]4OC[C@H](O)[C@H](O)[C@H]4O)c(-c4ccc(O)cc4)oc3c2)[C@H](O)[C@H](O)[C@H]1O. The van der Waals surface area contributed by atoms with E-state index in [0.717, 1.165) is 6.07 Å². The topological polar surface area (TPSA) is 229 Å².